The van der Waals surface area contributed by atoms with E-state index >= 15 is 0 Å². The molecule has 1 amide bonds. The molecule has 504 valence electrons. The van der Waals surface area contributed by atoms with Crippen LogP contribution in [-0.4, -0.2) is 47.4 Å². The van der Waals surface area contributed by atoms with Crippen molar-refractivity contribution in [2.75, 3.05) is 13.2 Å². The Labute approximate surface area is 532 Å². The quantitative estimate of drug-likeness (QED) is 0.0320. The Kier molecular flexibility index (Phi) is 73.3. The number of carbonyl (C=O) groups excluding carboxylic acids is 2. The van der Waals surface area contributed by atoms with Gasteiger partial charge in [-0.3, -0.25) is 9.59 Å². The number of hydrogen-bond donors (Lipinski definition) is 3. The van der Waals surface area contributed by atoms with E-state index in [0.29, 0.717) is 19.4 Å². The molecule has 85 heavy (non-hydrogen) atoms. The van der Waals surface area contributed by atoms with Crippen LogP contribution in [0.25, 0.3) is 0 Å². The summed E-state index contributed by atoms with van der Waals surface area (Å²) in [6, 6.07) is -0.631. The van der Waals surface area contributed by atoms with Crippen molar-refractivity contribution in [1.29, 1.82) is 0 Å². The number of allylic oxidation sites excluding steroid dienone is 3. The second-order valence-electron chi connectivity index (χ2n) is 27.0. The minimum Gasteiger partial charge on any atom is -0.466 e. The summed E-state index contributed by atoms with van der Waals surface area (Å²) in [4.78, 5) is 24.7. The second kappa shape index (κ2) is 74.8. The first-order valence-electron chi connectivity index (χ1n) is 39.1. The molecule has 0 saturated carbocycles. The Bertz CT molecular complexity index is 1330. The Morgan fingerprint density at radius 1 is 0.318 bits per heavy atom. The van der Waals surface area contributed by atoms with Gasteiger partial charge in [-0.2, -0.15) is 0 Å². The van der Waals surface area contributed by atoms with Crippen LogP contribution in [0.5, 0.6) is 0 Å². The zero-order valence-corrected chi connectivity index (χ0v) is 57.9. The van der Waals surface area contributed by atoms with E-state index in [-0.39, 0.29) is 18.5 Å². The minimum absolute atomic E-state index is 0.0190. The van der Waals surface area contributed by atoms with Gasteiger partial charge in [-0.25, -0.2) is 0 Å². The van der Waals surface area contributed by atoms with Crippen molar-refractivity contribution in [3.63, 3.8) is 0 Å². The normalized spacial score (nSPS) is 12.6. The number of carbonyl (C=O) groups is 2. The average molecular weight is 1200 g/mol. The summed E-state index contributed by atoms with van der Waals surface area (Å²) in [7, 11) is 0. The van der Waals surface area contributed by atoms with E-state index in [9.17, 15) is 19.8 Å². The molecule has 0 spiro atoms. The van der Waals surface area contributed by atoms with Gasteiger partial charge in [0.15, 0.2) is 0 Å². The fourth-order valence-corrected chi connectivity index (χ4v) is 12.5. The third kappa shape index (κ3) is 71.3. The highest BCUT2D eigenvalue weighted by Crippen LogP contribution is 2.20. The summed E-state index contributed by atoms with van der Waals surface area (Å²) < 4.78 is 5.51. The van der Waals surface area contributed by atoms with Gasteiger partial charge in [0.2, 0.25) is 5.91 Å². The lowest BCUT2D eigenvalue weighted by Crippen LogP contribution is -2.45. The maximum Gasteiger partial charge on any atom is 0.305 e. The van der Waals surface area contributed by atoms with Crippen LogP contribution in [0.15, 0.2) is 24.3 Å². The number of ether oxygens (including phenoxy) is 1. The van der Waals surface area contributed by atoms with Gasteiger partial charge in [0, 0.05) is 12.8 Å². The van der Waals surface area contributed by atoms with E-state index < -0.39 is 12.1 Å². The van der Waals surface area contributed by atoms with Crippen LogP contribution in [-0.2, 0) is 14.3 Å². The Balaban J connectivity index is 3.40. The molecule has 6 nitrogen and oxygen atoms in total. The zero-order valence-electron chi connectivity index (χ0n) is 57.9. The number of esters is 1. The van der Waals surface area contributed by atoms with Crippen LogP contribution in [0.3, 0.4) is 0 Å². The van der Waals surface area contributed by atoms with E-state index in [0.717, 1.165) is 38.5 Å². The van der Waals surface area contributed by atoms with Crippen molar-refractivity contribution in [3.8, 4) is 0 Å². The van der Waals surface area contributed by atoms with Gasteiger partial charge in [-0.05, 0) is 57.8 Å². The van der Waals surface area contributed by atoms with E-state index in [2.05, 4.69) is 31.3 Å². The van der Waals surface area contributed by atoms with E-state index in [1.807, 2.05) is 6.08 Å². The van der Waals surface area contributed by atoms with Crippen LogP contribution < -0.4 is 5.32 Å². The van der Waals surface area contributed by atoms with Crippen LogP contribution in [0, 0.1) is 0 Å². The van der Waals surface area contributed by atoms with Crippen LogP contribution in [0.1, 0.15) is 444 Å². The van der Waals surface area contributed by atoms with Gasteiger partial charge in [0.25, 0.3) is 0 Å². The van der Waals surface area contributed by atoms with Gasteiger partial charge in [-0.15, -0.1) is 0 Å². The molecule has 0 saturated heterocycles. The molecular formula is C79H153NO5. The minimum atomic E-state index is -0.847. The summed E-state index contributed by atoms with van der Waals surface area (Å²) in [6.45, 7) is 4.96. The van der Waals surface area contributed by atoms with Gasteiger partial charge in [0.1, 0.15) is 0 Å². The maximum absolute atomic E-state index is 12.6. The zero-order chi connectivity index (χ0) is 61.3. The first kappa shape index (κ1) is 83.3. The lowest BCUT2D eigenvalue weighted by atomic mass is 10.0. The summed E-state index contributed by atoms with van der Waals surface area (Å²) >= 11 is 0. The number of amides is 1. The van der Waals surface area contributed by atoms with Gasteiger partial charge < -0.3 is 20.3 Å². The van der Waals surface area contributed by atoms with E-state index in [1.54, 1.807) is 6.08 Å². The van der Waals surface area contributed by atoms with Crippen molar-refractivity contribution in [1.82, 2.24) is 5.32 Å². The molecule has 0 aromatic heterocycles. The molecule has 0 fully saturated rings. The molecule has 0 heterocycles. The molecule has 2 unspecified atom stereocenters. The first-order valence-corrected chi connectivity index (χ1v) is 39.1. The average Bonchev–Trinajstić information content (AvgIpc) is 3.51. The fourth-order valence-electron chi connectivity index (χ4n) is 12.5. The summed E-state index contributed by atoms with van der Waals surface area (Å²) in [5.41, 5.74) is 0. The molecule has 0 rings (SSSR count). The van der Waals surface area contributed by atoms with Gasteiger partial charge >= 0.3 is 5.97 Å². The Morgan fingerprint density at radius 3 is 0.835 bits per heavy atom. The Hall–Kier alpha value is -1.66. The summed E-state index contributed by atoms with van der Waals surface area (Å²) in [5.74, 6) is -0.0456. The van der Waals surface area contributed by atoms with Crippen LogP contribution >= 0.6 is 0 Å². The highest BCUT2D eigenvalue weighted by atomic mass is 16.5. The molecule has 0 aliphatic carbocycles. The topological polar surface area (TPSA) is 95.9 Å². The number of nitrogens with one attached hydrogen (secondary N) is 1. The van der Waals surface area contributed by atoms with Crippen LogP contribution in [0.4, 0.5) is 0 Å². The fraction of sp³-hybridized carbons (Fsp3) is 0.924. The molecule has 0 bridgehead atoms. The highest BCUT2D eigenvalue weighted by molar-refractivity contribution is 5.76. The van der Waals surface area contributed by atoms with E-state index in [1.165, 1.54) is 379 Å². The predicted molar refractivity (Wildman–Crippen MR) is 375 cm³/mol. The first-order chi connectivity index (χ1) is 42.0. The lowest BCUT2D eigenvalue weighted by Gasteiger charge is -2.20. The molecule has 0 aliphatic heterocycles. The second-order valence-corrected chi connectivity index (χ2v) is 27.0. The number of aliphatic hydroxyl groups is 2. The molecule has 0 aliphatic rings. The molecule has 2 atom stereocenters. The van der Waals surface area contributed by atoms with Crippen molar-refractivity contribution in [2.45, 2.75) is 456 Å². The molecule has 6 heteroatoms. The number of hydrogen-bond acceptors (Lipinski definition) is 5. The largest absolute Gasteiger partial charge is 0.466 e. The molecule has 0 radical (unpaired) electrons. The van der Waals surface area contributed by atoms with Crippen molar-refractivity contribution >= 4 is 11.9 Å². The summed E-state index contributed by atoms with van der Waals surface area (Å²) in [5, 5.41) is 23.3. The smallest absolute Gasteiger partial charge is 0.305 e. The third-order valence-electron chi connectivity index (χ3n) is 18.5. The van der Waals surface area contributed by atoms with Crippen molar-refractivity contribution in [2.24, 2.45) is 0 Å². The molecule has 0 aromatic rings. The van der Waals surface area contributed by atoms with Crippen molar-refractivity contribution < 1.29 is 24.5 Å². The van der Waals surface area contributed by atoms with Crippen LogP contribution in [0.2, 0.25) is 0 Å². The highest BCUT2D eigenvalue weighted by Gasteiger charge is 2.18. The van der Waals surface area contributed by atoms with Gasteiger partial charge in [-0.1, -0.05) is 398 Å². The SMILES string of the molecule is CCCCCCCCCCCCCCCCCCCCCCCCC/C=C/C(O)C(CO)NC(=O)CCCCCCCCCCCC/C=C\CCCCCCCCCCCCCCOC(=O)CCCCCCCCCCCCCCCCCCC. The summed E-state index contributed by atoms with van der Waals surface area (Å²) in [6.07, 6.45) is 95.7. The predicted octanol–water partition coefficient (Wildman–Crippen LogP) is 25.7. The number of aliphatic hydroxyl groups excluding tert-OH is 2. The Morgan fingerprint density at radius 2 is 0.553 bits per heavy atom. The van der Waals surface area contributed by atoms with Gasteiger partial charge in [0.05, 0.1) is 25.4 Å². The standard InChI is InChI=1S/C79H153NO5/c1-3-5-7-9-11-13-15-17-19-21-22-23-24-27-30-33-36-40-43-47-51-55-59-63-67-71-77(82)76(75-81)80-78(83)72-68-64-60-56-52-48-44-41-37-34-31-28-25-26-29-32-35-38-42-46-50-54-58-62-66-70-74-85-79(84)73-69-65-61-57-53-49-45-39-20-18-16-14-12-10-8-6-4-2/h25,28,67,71,76-77,81-82H,3-24,26-27,29-66,68-70,72-75H2,1-2H3,(H,80,83)/b28-25-,71-67+. The van der Waals surface area contributed by atoms with Crippen molar-refractivity contribution in [3.05, 3.63) is 24.3 Å². The molecule has 3 N–H and O–H groups in total. The maximum atomic E-state index is 12.6. The monoisotopic (exact) mass is 1200 g/mol. The molecular weight excluding hydrogens is 1040 g/mol. The number of rotatable bonds is 74. The van der Waals surface area contributed by atoms with E-state index in [4.69, 9.17) is 4.74 Å². The third-order valence-corrected chi connectivity index (χ3v) is 18.5. The number of unbranched alkanes of at least 4 members (excludes halogenated alkanes) is 61. The lowest BCUT2D eigenvalue weighted by molar-refractivity contribution is -0.143. The molecule has 0 aromatic carbocycles.